The number of amides is 1. The van der Waals surface area contributed by atoms with E-state index in [4.69, 9.17) is 4.74 Å². The van der Waals surface area contributed by atoms with E-state index in [1.54, 1.807) is 0 Å². The minimum Gasteiger partial charge on any atom is -0.447 e. The predicted molar refractivity (Wildman–Crippen MR) is 56.2 cm³/mol. The molecule has 3 heteroatoms. The lowest BCUT2D eigenvalue weighted by Crippen LogP contribution is -2.28. The van der Waals surface area contributed by atoms with E-state index in [1.165, 1.54) is 25.7 Å². The molecule has 0 aliphatic heterocycles. The highest BCUT2D eigenvalue weighted by molar-refractivity contribution is 5.67. The first-order valence-corrected chi connectivity index (χ1v) is 5.63. The zero-order valence-electron chi connectivity index (χ0n) is 9.21. The Balaban J connectivity index is 1.99. The van der Waals surface area contributed by atoms with Gasteiger partial charge in [-0.25, -0.2) is 4.79 Å². The second kappa shape index (κ2) is 5.89. The first-order chi connectivity index (χ1) is 6.68. The van der Waals surface area contributed by atoms with Crippen molar-refractivity contribution in [2.45, 2.75) is 52.1 Å². The van der Waals surface area contributed by atoms with Gasteiger partial charge in [0.1, 0.15) is 0 Å². The fourth-order valence-electron chi connectivity index (χ4n) is 1.93. The van der Waals surface area contributed by atoms with E-state index in [9.17, 15) is 4.79 Å². The smallest absolute Gasteiger partial charge is 0.407 e. The molecule has 1 aliphatic carbocycles. The van der Waals surface area contributed by atoms with E-state index in [0.29, 0.717) is 0 Å². The van der Waals surface area contributed by atoms with Crippen LogP contribution in [-0.2, 0) is 4.74 Å². The number of nitrogens with one attached hydrogen (secondary N) is 1. The Morgan fingerprint density at radius 2 is 2.07 bits per heavy atom. The van der Waals surface area contributed by atoms with Crippen molar-refractivity contribution in [2.75, 3.05) is 6.54 Å². The molecule has 0 unspecified atom stereocenters. The molecule has 1 N–H and O–H groups in total. The molecule has 0 radical (unpaired) electrons. The van der Waals surface area contributed by atoms with Gasteiger partial charge in [0.05, 0.1) is 6.10 Å². The van der Waals surface area contributed by atoms with Gasteiger partial charge in [-0.15, -0.1) is 0 Å². The molecule has 0 aromatic carbocycles. The van der Waals surface area contributed by atoms with Crippen molar-refractivity contribution >= 4 is 6.09 Å². The van der Waals surface area contributed by atoms with Crippen molar-refractivity contribution in [3.8, 4) is 0 Å². The molecule has 82 valence electrons. The Morgan fingerprint density at radius 1 is 1.43 bits per heavy atom. The summed E-state index contributed by atoms with van der Waals surface area (Å²) in [5.41, 5.74) is 0. The Bertz CT molecular complexity index is 174. The molecular formula is C11H21NO2. The fourth-order valence-corrected chi connectivity index (χ4v) is 1.93. The van der Waals surface area contributed by atoms with E-state index in [2.05, 4.69) is 5.32 Å². The van der Waals surface area contributed by atoms with E-state index >= 15 is 0 Å². The largest absolute Gasteiger partial charge is 0.447 e. The number of carbonyl (C=O) groups is 1. The van der Waals surface area contributed by atoms with Gasteiger partial charge < -0.3 is 10.1 Å². The third-order valence-electron chi connectivity index (χ3n) is 2.64. The molecular weight excluding hydrogens is 178 g/mol. The summed E-state index contributed by atoms with van der Waals surface area (Å²) in [6.07, 6.45) is 6.19. The van der Waals surface area contributed by atoms with Gasteiger partial charge in [-0.05, 0) is 26.2 Å². The van der Waals surface area contributed by atoms with Crippen molar-refractivity contribution < 1.29 is 9.53 Å². The van der Waals surface area contributed by atoms with E-state index in [-0.39, 0.29) is 12.2 Å². The first kappa shape index (κ1) is 11.3. The maximum atomic E-state index is 11.1. The summed E-state index contributed by atoms with van der Waals surface area (Å²) in [7, 11) is 0. The van der Waals surface area contributed by atoms with Gasteiger partial charge in [0.2, 0.25) is 0 Å². The summed E-state index contributed by atoms with van der Waals surface area (Å²) >= 11 is 0. The molecule has 0 saturated heterocycles. The summed E-state index contributed by atoms with van der Waals surface area (Å²) in [6, 6.07) is 0. The number of hydrogen-bond donors (Lipinski definition) is 1. The van der Waals surface area contributed by atoms with Crippen molar-refractivity contribution in [2.24, 2.45) is 5.92 Å². The van der Waals surface area contributed by atoms with Crippen LogP contribution in [0, 0.1) is 5.92 Å². The molecule has 1 fully saturated rings. The maximum Gasteiger partial charge on any atom is 0.407 e. The number of ether oxygens (including phenoxy) is 1. The highest BCUT2D eigenvalue weighted by Gasteiger charge is 2.14. The molecule has 1 rings (SSSR count). The SMILES string of the molecule is CC(C)OC(=O)NCCC1CCCC1. The molecule has 1 amide bonds. The van der Waals surface area contributed by atoms with Crippen LogP contribution in [0.25, 0.3) is 0 Å². The Labute approximate surface area is 86.2 Å². The third-order valence-corrected chi connectivity index (χ3v) is 2.64. The fraction of sp³-hybridized carbons (Fsp3) is 0.909. The number of hydrogen-bond acceptors (Lipinski definition) is 2. The standard InChI is InChI=1S/C11H21NO2/c1-9(2)14-11(13)12-8-7-10-5-3-4-6-10/h9-10H,3-8H2,1-2H3,(H,12,13). The summed E-state index contributed by atoms with van der Waals surface area (Å²) in [5, 5.41) is 2.78. The van der Waals surface area contributed by atoms with Gasteiger partial charge in [-0.2, -0.15) is 0 Å². The van der Waals surface area contributed by atoms with Gasteiger partial charge in [0.25, 0.3) is 0 Å². The summed E-state index contributed by atoms with van der Waals surface area (Å²) in [5.74, 6) is 0.828. The zero-order chi connectivity index (χ0) is 10.4. The topological polar surface area (TPSA) is 38.3 Å². The molecule has 3 nitrogen and oxygen atoms in total. The second-order valence-electron chi connectivity index (χ2n) is 4.32. The zero-order valence-corrected chi connectivity index (χ0v) is 9.21. The monoisotopic (exact) mass is 199 g/mol. The Kier molecular flexibility index (Phi) is 4.77. The van der Waals surface area contributed by atoms with Crippen LogP contribution in [0.2, 0.25) is 0 Å². The van der Waals surface area contributed by atoms with Crippen molar-refractivity contribution in [1.29, 1.82) is 0 Å². The van der Waals surface area contributed by atoms with E-state index in [1.807, 2.05) is 13.8 Å². The van der Waals surface area contributed by atoms with Crippen LogP contribution < -0.4 is 5.32 Å². The quantitative estimate of drug-likeness (QED) is 0.756. The highest BCUT2D eigenvalue weighted by atomic mass is 16.6. The van der Waals surface area contributed by atoms with Crippen molar-refractivity contribution in [3.63, 3.8) is 0 Å². The van der Waals surface area contributed by atoms with Crippen LogP contribution in [0.4, 0.5) is 4.79 Å². The summed E-state index contributed by atoms with van der Waals surface area (Å²) in [4.78, 5) is 11.1. The molecule has 0 heterocycles. The van der Waals surface area contributed by atoms with Crippen molar-refractivity contribution in [1.82, 2.24) is 5.32 Å². The molecule has 0 aromatic heterocycles. The number of rotatable bonds is 4. The average Bonchev–Trinajstić information content (AvgIpc) is 2.55. The Morgan fingerprint density at radius 3 is 2.64 bits per heavy atom. The van der Waals surface area contributed by atoms with E-state index in [0.717, 1.165) is 18.9 Å². The molecule has 1 aliphatic rings. The Hall–Kier alpha value is -0.730. The van der Waals surface area contributed by atoms with Crippen LogP contribution in [0.15, 0.2) is 0 Å². The van der Waals surface area contributed by atoms with Gasteiger partial charge in [0.15, 0.2) is 0 Å². The maximum absolute atomic E-state index is 11.1. The summed E-state index contributed by atoms with van der Waals surface area (Å²) < 4.78 is 4.96. The molecule has 0 bridgehead atoms. The van der Waals surface area contributed by atoms with Crippen LogP contribution in [0.1, 0.15) is 46.0 Å². The minimum atomic E-state index is -0.280. The first-order valence-electron chi connectivity index (χ1n) is 5.63. The van der Waals surface area contributed by atoms with E-state index < -0.39 is 0 Å². The number of alkyl carbamates (subject to hydrolysis) is 1. The molecule has 0 spiro atoms. The lowest BCUT2D eigenvalue weighted by molar-refractivity contribution is 0.115. The van der Waals surface area contributed by atoms with Gasteiger partial charge >= 0.3 is 6.09 Å². The van der Waals surface area contributed by atoms with Gasteiger partial charge in [-0.1, -0.05) is 25.7 Å². The normalized spacial score (nSPS) is 17.4. The molecule has 14 heavy (non-hydrogen) atoms. The lowest BCUT2D eigenvalue weighted by Gasteiger charge is -2.11. The second-order valence-corrected chi connectivity index (χ2v) is 4.32. The predicted octanol–water partition coefficient (Wildman–Crippen LogP) is 2.70. The van der Waals surface area contributed by atoms with Crippen LogP contribution in [-0.4, -0.2) is 18.7 Å². The highest BCUT2D eigenvalue weighted by Crippen LogP contribution is 2.26. The van der Waals surface area contributed by atoms with Crippen molar-refractivity contribution in [3.05, 3.63) is 0 Å². The molecule has 1 saturated carbocycles. The average molecular weight is 199 g/mol. The van der Waals surface area contributed by atoms with Crippen LogP contribution in [0.5, 0.6) is 0 Å². The third kappa shape index (κ3) is 4.49. The van der Waals surface area contributed by atoms with Crippen LogP contribution in [0.3, 0.4) is 0 Å². The van der Waals surface area contributed by atoms with Gasteiger partial charge in [-0.3, -0.25) is 0 Å². The van der Waals surface area contributed by atoms with Crippen LogP contribution >= 0.6 is 0 Å². The lowest BCUT2D eigenvalue weighted by atomic mass is 10.0. The van der Waals surface area contributed by atoms with Gasteiger partial charge in [0, 0.05) is 6.54 Å². The number of carbonyl (C=O) groups excluding carboxylic acids is 1. The minimum absolute atomic E-state index is 0.0264. The molecule has 0 aromatic rings. The molecule has 0 atom stereocenters. The summed E-state index contributed by atoms with van der Waals surface area (Å²) in [6.45, 7) is 4.48.